The van der Waals surface area contributed by atoms with Crippen LogP contribution in [0.4, 0.5) is 13.2 Å². The Morgan fingerprint density at radius 2 is 1.93 bits per heavy atom. The van der Waals surface area contributed by atoms with Crippen LogP contribution < -0.4 is 40.0 Å². The molecule has 0 fully saturated rings. The van der Waals surface area contributed by atoms with Crippen molar-refractivity contribution in [1.82, 2.24) is 0 Å². The van der Waals surface area contributed by atoms with Crippen LogP contribution >= 0.6 is 23.2 Å². The molecule has 0 aliphatic carbocycles. The number of ether oxygens (including phenoxy) is 1. The largest absolute Gasteiger partial charge is 1.00 e. The molecule has 0 aromatic heterocycles. The number of nitrogens with two attached hydrogens (primary N) is 1. The number of carbonyl (C=O) groups is 1. The number of alkyl halides is 3. The van der Waals surface area contributed by atoms with Gasteiger partial charge in [0.25, 0.3) is 0 Å². The van der Waals surface area contributed by atoms with Gasteiger partial charge in [-0.3, -0.25) is 0 Å². The molecule has 2 aromatic carbocycles. The first-order valence-electron chi connectivity index (χ1n) is 7.62. The summed E-state index contributed by atoms with van der Waals surface area (Å²) in [4.78, 5) is 11.3. The number of carboxylic acid groups (broad SMARTS) is 1. The summed E-state index contributed by atoms with van der Waals surface area (Å²) in [5, 5.41) is 9.77. The zero-order valence-electron chi connectivity index (χ0n) is 15.5. The number of hydrogen-bond donors (Lipinski definition) is 2. The van der Waals surface area contributed by atoms with Gasteiger partial charge in [0.15, 0.2) is 0 Å². The number of fused-ring (bicyclic) bond motifs is 1. The second kappa shape index (κ2) is 8.65. The summed E-state index contributed by atoms with van der Waals surface area (Å²) >= 11 is 12.1. The average molecular weight is 442 g/mol. The minimum absolute atomic E-state index is 0. The first kappa shape index (κ1) is 23.1. The zero-order chi connectivity index (χ0) is 19.9. The molecule has 3 N–H and O–H groups in total. The van der Waals surface area contributed by atoms with Crippen molar-refractivity contribution < 1.29 is 58.8 Å². The number of halogens is 5. The first-order valence-corrected chi connectivity index (χ1v) is 8.38. The first-order chi connectivity index (χ1) is 12.6. The summed E-state index contributed by atoms with van der Waals surface area (Å²) < 4.78 is 45.1. The molecule has 144 valence electrons. The van der Waals surface area contributed by atoms with E-state index in [2.05, 4.69) is 0 Å². The fraction of sp³-hybridized carbons (Fsp3) is 0.167. The summed E-state index contributed by atoms with van der Waals surface area (Å²) in [5.41, 5.74) is 6.21. The van der Waals surface area contributed by atoms with Crippen LogP contribution in [0.15, 0.2) is 35.9 Å². The van der Waals surface area contributed by atoms with Gasteiger partial charge in [-0.15, -0.1) is 0 Å². The molecule has 0 saturated heterocycles. The van der Waals surface area contributed by atoms with Gasteiger partial charge in [0, 0.05) is 27.7 Å². The third-order valence-electron chi connectivity index (χ3n) is 4.03. The summed E-state index contributed by atoms with van der Waals surface area (Å²) in [6.07, 6.45) is -6.57. The third-order valence-corrected chi connectivity index (χ3v) is 4.62. The van der Waals surface area contributed by atoms with Crippen molar-refractivity contribution in [2.45, 2.75) is 18.8 Å². The van der Waals surface area contributed by atoms with Gasteiger partial charge in [-0.05, 0) is 41.5 Å². The molecule has 1 atom stereocenters. The molecular weight excluding hydrogens is 429 g/mol. The van der Waals surface area contributed by atoms with Crippen LogP contribution in [0.5, 0.6) is 5.75 Å². The Hall–Kier alpha value is -1.22. The molecule has 1 heterocycles. The van der Waals surface area contributed by atoms with Gasteiger partial charge in [-0.1, -0.05) is 29.3 Å². The number of rotatable bonds is 3. The van der Waals surface area contributed by atoms with Crippen molar-refractivity contribution in [3.05, 3.63) is 57.1 Å². The Morgan fingerprint density at radius 1 is 1.25 bits per heavy atom. The smallest absolute Gasteiger partial charge is 1.00 e. The Balaban J connectivity index is 0.00000210. The minimum Gasteiger partial charge on any atom is -1.00 e. The third kappa shape index (κ3) is 4.50. The van der Waals surface area contributed by atoms with Crippen molar-refractivity contribution in [2.75, 3.05) is 0 Å². The van der Waals surface area contributed by atoms with Crippen molar-refractivity contribution in [3.8, 4) is 16.9 Å². The average Bonchev–Trinajstić information content (AvgIpc) is 2.59. The fourth-order valence-corrected chi connectivity index (χ4v) is 3.23. The standard InChI is InChI=1S/C18H12Cl2F3NO3.Na.H/c19-11-4-9-5-13(17(25)26)16(18(21,22)23)27-15(9)12(6-11)8-1-2-14(20)10(3-8)7-24;;/h1-6,16H,7,24H2,(H,25,26);;/q;+1;-1. The maximum atomic E-state index is 13.3. The summed E-state index contributed by atoms with van der Waals surface area (Å²) in [5.74, 6) is -1.83. The van der Waals surface area contributed by atoms with Crippen LogP contribution in [-0.2, 0) is 11.3 Å². The van der Waals surface area contributed by atoms with Crippen molar-refractivity contribution in [3.63, 3.8) is 0 Å². The van der Waals surface area contributed by atoms with Crippen LogP contribution in [-0.4, -0.2) is 23.4 Å². The maximum Gasteiger partial charge on any atom is 1.00 e. The molecular formula is C18H13Cl2F3NNaO3. The second-order valence-electron chi connectivity index (χ2n) is 5.83. The molecule has 3 rings (SSSR count). The Labute approximate surface area is 191 Å². The topological polar surface area (TPSA) is 72.5 Å². The van der Waals surface area contributed by atoms with Gasteiger partial charge < -0.3 is 17.0 Å². The molecule has 4 nitrogen and oxygen atoms in total. The molecule has 0 radical (unpaired) electrons. The van der Waals surface area contributed by atoms with Crippen molar-refractivity contribution >= 4 is 35.2 Å². The maximum absolute atomic E-state index is 13.3. The number of benzene rings is 2. The molecule has 0 saturated carbocycles. The van der Waals surface area contributed by atoms with Crippen molar-refractivity contribution in [2.24, 2.45) is 5.73 Å². The van der Waals surface area contributed by atoms with Crippen molar-refractivity contribution in [1.29, 1.82) is 0 Å². The van der Waals surface area contributed by atoms with Crippen LogP contribution in [0, 0.1) is 0 Å². The number of hydrogen-bond acceptors (Lipinski definition) is 3. The van der Waals surface area contributed by atoms with E-state index in [4.69, 9.17) is 38.8 Å². The van der Waals surface area contributed by atoms with Crippen LogP contribution in [0.3, 0.4) is 0 Å². The summed E-state index contributed by atoms with van der Waals surface area (Å²) in [6.45, 7) is 0.129. The van der Waals surface area contributed by atoms with Crippen LogP contribution in [0.2, 0.25) is 10.0 Å². The van der Waals surface area contributed by atoms with E-state index in [1.54, 1.807) is 18.2 Å². The monoisotopic (exact) mass is 441 g/mol. The Kier molecular flexibility index (Phi) is 7.12. The van der Waals surface area contributed by atoms with Gasteiger partial charge in [0.1, 0.15) is 5.75 Å². The van der Waals surface area contributed by atoms with E-state index < -0.39 is 23.8 Å². The molecule has 0 spiro atoms. The van der Waals surface area contributed by atoms with Crippen LogP contribution in [0.1, 0.15) is 12.6 Å². The van der Waals surface area contributed by atoms with E-state index in [1.807, 2.05) is 0 Å². The quantitative estimate of drug-likeness (QED) is 0.714. The zero-order valence-corrected chi connectivity index (χ0v) is 18.0. The van der Waals surface area contributed by atoms with E-state index in [1.165, 1.54) is 12.1 Å². The predicted molar refractivity (Wildman–Crippen MR) is 97.0 cm³/mol. The van der Waals surface area contributed by atoms with E-state index in [0.29, 0.717) is 16.1 Å². The van der Waals surface area contributed by atoms with Gasteiger partial charge in [-0.25, -0.2) is 4.79 Å². The molecule has 10 heteroatoms. The SMILES string of the molecule is NCc1cc(-c2cc(Cl)cc3c2OC(C(F)(F)F)C(C(=O)O)=C3)ccc1Cl.[H-].[Na+]. The van der Waals surface area contributed by atoms with E-state index in [0.717, 1.165) is 6.08 Å². The minimum atomic E-state index is -4.90. The number of carboxylic acids is 1. The molecule has 0 amide bonds. The summed E-state index contributed by atoms with van der Waals surface area (Å²) in [7, 11) is 0. The Bertz CT molecular complexity index is 970. The van der Waals surface area contributed by atoms with E-state index >= 15 is 0 Å². The van der Waals surface area contributed by atoms with Gasteiger partial charge in [0.05, 0.1) is 5.57 Å². The normalized spacial score (nSPS) is 15.8. The number of aliphatic carboxylic acids is 1. The van der Waals surface area contributed by atoms with E-state index in [9.17, 15) is 18.0 Å². The molecule has 1 unspecified atom stereocenters. The van der Waals surface area contributed by atoms with Crippen LogP contribution in [0.25, 0.3) is 17.2 Å². The van der Waals surface area contributed by atoms with E-state index in [-0.39, 0.29) is 59.4 Å². The molecule has 2 aromatic rings. The van der Waals surface area contributed by atoms with Gasteiger partial charge in [0.2, 0.25) is 6.10 Å². The second-order valence-corrected chi connectivity index (χ2v) is 6.67. The van der Waals surface area contributed by atoms with Gasteiger partial charge >= 0.3 is 41.7 Å². The Morgan fingerprint density at radius 3 is 2.50 bits per heavy atom. The molecule has 1 aliphatic rings. The molecule has 28 heavy (non-hydrogen) atoms. The predicted octanol–water partition coefficient (Wildman–Crippen LogP) is 2.03. The van der Waals surface area contributed by atoms with Gasteiger partial charge in [-0.2, -0.15) is 13.2 Å². The fourth-order valence-electron chi connectivity index (χ4n) is 2.81. The molecule has 1 aliphatic heterocycles. The molecule has 0 bridgehead atoms. The summed E-state index contributed by atoms with van der Waals surface area (Å²) in [6, 6.07) is 7.56.